The average molecular weight is 303 g/mol. The Kier molecular flexibility index (Phi) is 4.13. The lowest BCUT2D eigenvalue weighted by Crippen LogP contribution is -2.08. The molecule has 0 bridgehead atoms. The number of benzene rings is 2. The Morgan fingerprint density at radius 3 is 2.33 bits per heavy atom. The highest BCUT2D eigenvalue weighted by Gasteiger charge is 2.31. The Morgan fingerprint density at radius 2 is 1.71 bits per heavy atom. The molecule has 0 aliphatic rings. The van der Waals surface area contributed by atoms with Crippen molar-refractivity contribution in [3.05, 3.63) is 59.2 Å². The molecule has 21 heavy (non-hydrogen) atoms. The summed E-state index contributed by atoms with van der Waals surface area (Å²) in [5.41, 5.74) is 4.51. The highest BCUT2D eigenvalue weighted by Crippen LogP contribution is 2.34. The van der Waals surface area contributed by atoms with Crippen molar-refractivity contribution in [2.24, 2.45) is 5.73 Å². The maximum atomic E-state index is 13.5. The van der Waals surface area contributed by atoms with Gasteiger partial charge in [-0.1, -0.05) is 6.07 Å². The number of halogens is 5. The molecule has 0 unspecified atom stereocenters. The average Bonchev–Trinajstić information content (AvgIpc) is 2.43. The molecule has 2 nitrogen and oxygen atoms in total. The molecule has 0 spiro atoms. The van der Waals surface area contributed by atoms with Gasteiger partial charge in [-0.05, 0) is 30.3 Å². The van der Waals surface area contributed by atoms with E-state index in [2.05, 4.69) is 0 Å². The zero-order chi connectivity index (χ0) is 15.6. The van der Waals surface area contributed by atoms with Crippen LogP contribution in [0.25, 0.3) is 0 Å². The quantitative estimate of drug-likeness (QED) is 0.861. The van der Waals surface area contributed by atoms with E-state index in [-0.39, 0.29) is 17.9 Å². The predicted molar refractivity (Wildman–Crippen MR) is 65.8 cm³/mol. The van der Waals surface area contributed by atoms with Crippen LogP contribution in [0, 0.1) is 11.6 Å². The molecule has 0 radical (unpaired) electrons. The van der Waals surface area contributed by atoms with Crippen molar-refractivity contribution in [1.82, 2.24) is 0 Å². The third-order valence-corrected chi connectivity index (χ3v) is 2.74. The summed E-state index contributed by atoms with van der Waals surface area (Å²) in [7, 11) is 0. The molecular formula is C14H10F5NO. The fourth-order valence-corrected chi connectivity index (χ4v) is 1.70. The molecule has 0 aliphatic heterocycles. The number of hydrogen-bond donors (Lipinski definition) is 1. The molecule has 2 aromatic carbocycles. The zero-order valence-corrected chi connectivity index (χ0v) is 10.5. The molecule has 0 aromatic heterocycles. The van der Waals surface area contributed by atoms with Gasteiger partial charge in [0.05, 0.1) is 5.56 Å². The van der Waals surface area contributed by atoms with Gasteiger partial charge in [-0.2, -0.15) is 17.6 Å². The summed E-state index contributed by atoms with van der Waals surface area (Å²) < 4.78 is 69.4. The molecule has 2 N–H and O–H groups in total. The molecule has 0 aliphatic carbocycles. The largest absolute Gasteiger partial charge is 0.454 e. The second kappa shape index (κ2) is 5.69. The number of hydrogen-bond acceptors (Lipinski definition) is 2. The third-order valence-electron chi connectivity index (χ3n) is 2.74. The predicted octanol–water partition coefficient (Wildman–Crippen LogP) is 4.23. The summed E-state index contributed by atoms with van der Waals surface area (Å²) in [4.78, 5) is 0. The minimum Gasteiger partial charge on any atom is -0.454 e. The molecule has 2 aromatic rings. The molecule has 0 saturated carbocycles. The van der Waals surface area contributed by atoms with Crippen molar-refractivity contribution in [2.45, 2.75) is 12.7 Å². The first-order valence-electron chi connectivity index (χ1n) is 5.85. The van der Waals surface area contributed by atoms with Gasteiger partial charge in [-0.3, -0.25) is 0 Å². The van der Waals surface area contributed by atoms with E-state index in [1.807, 2.05) is 0 Å². The van der Waals surface area contributed by atoms with Crippen molar-refractivity contribution >= 4 is 0 Å². The monoisotopic (exact) mass is 303 g/mol. The van der Waals surface area contributed by atoms with Crippen LogP contribution in [0.4, 0.5) is 22.0 Å². The van der Waals surface area contributed by atoms with Crippen molar-refractivity contribution < 1.29 is 26.7 Å². The molecular weight excluding hydrogens is 293 g/mol. The summed E-state index contributed by atoms with van der Waals surface area (Å²) in [6.45, 7) is -0.240. The van der Waals surface area contributed by atoms with Crippen LogP contribution in [0.5, 0.6) is 11.5 Å². The summed E-state index contributed by atoms with van der Waals surface area (Å²) in [5, 5.41) is 0. The summed E-state index contributed by atoms with van der Waals surface area (Å²) >= 11 is 0. The smallest absolute Gasteiger partial charge is 0.416 e. The van der Waals surface area contributed by atoms with Crippen molar-refractivity contribution in [1.29, 1.82) is 0 Å². The molecule has 0 heterocycles. The standard InChI is InChI=1S/C14H10F5NO/c15-10-2-1-3-12(13(10)16)21-11-5-4-9(14(17,18)19)6-8(11)7-20/h1-6H,7,20H2. The van der Waals surface area contributed by atoms with Crippen LogP contribution in [0.2, 0.25) is 0 Å². The third kappa shape index (κ3) is 3.30. The van der Waals surface area contributed by atoms with Crippen LogP contribution in [0.15, 0.2) is 36.4 Å². The number of ether oxygens (including phenoxy) is 1. The van der Waals surface area contributed by atoms with Crippen LogP contribution in [0.3, 0.4) is 0 Å². The second-order valence-electron chi connectivity index (χ2n) is 4.18. The van der Waals surface area contributed by atoms with Gasteiger partial charge < -0.3 is 10.5 Å². The van der Waals surface area contributed by atoms with Crippen molar-refractivity contribution in [3.63, 3.8) is 0 Å². The minimum absolute atomic E-state index is 0.0356. The Bertz CT molecular complexity index is 654. The van der Waals surface area contributed by atoms with E-state index >= 15 is 0 Å². The van der Waals surface area contributed by atoms with Gasteiger partial charge in [0, 0.05) is 12.1 Å². The topological polar surface area (TPSA) is 35.2 Å². The highest BCUT2D eigenvalue weighted by molar-refractivity contribution is 5.41. The normalized spacial score (nSPS) is 11.5. The molecule has 0 amide bonds. The molecule has 7 heteroatoms. The van der Waals surface area contributed by atoms with E-state index in [4.69, 9.17) is 10.5 Å². The van der Waals surface area contributed by atoms with Crippen LogP contribution in [0.1, 0.15) is 11.1 Å². The molecule has 0 saturated heterocycles. The van der Waals surface area contributed by atoms with E-state index in [0.717, 1.165) is 30.3 Å². The Hall–Kier alpha value is -2.15. The van der Waals surface area contributed by atoms with Crippen molar-refractivity contribution in [3.8, 4) is 11.5 Å². The van der Waals surface area contributed by atoms with Gasteiger partial charge in [0.2, 0.25) is 5.82 Å². The number of nitrogens with two attached hydrogens (primary N) is 1. The van der Waals surface area contributed by atoms with Gasteiger partial charge in [0.15, 0.2) is 11.6 Å². The van der Waals surface area contributed by atoms with Crippen LogP contribution in [-0.2, 0) is 12.7 Å². The van der Waals surface area contributed by atoms with E-state index in [1.165, 1.54) is 6.07 Å². The van der Waals surface area contributed by atoms with Crippen LogP contribution < -0.4 is 10.5 Å². The fraction of sp³-hybridized carbons (Fsp3) is 0.143. The lowest BCUT2D eigenvalue weighted by molar-refractivity contribution is -0.137. The van der Waals surface area contributed by atoms with Crippen LogP contribution >= 0.6 is 0 Å². The second-order valence-corrected chi connectivity index (χ2v) is 4.18. The number of alkyl halides is 3. The van der Waals surface area contributed by atoms with Crippen molar-refractivity contribution in [2.75, 3.05) is 0 Å². The van der Waals surface area contributed by atoms with Gasteiger partial charge in [0.25, 0.3) is 0 Å². The van der Waals surface area contributed by atoms with Crippen LogP contribution in [-0.4, -0.2) is 0 Å². The van der Waals surface area contributed by atoms with E-state index in [1.54, 1.807) is 0 Å². The van der Waals surface area contributed by atoms with Gasteiger partial charge in [-0.15, -0.1) is 0 Å². The molecule has 0 fully saturated rings. The molecule has 0 atom stereocenters. The van der Waals surface area contributed by atoms with E-state index in [0.29, 0.717) is 0 Å². The molecule has 2 rings (SSSR count). The van der Waals surface area contributed by atoms with E-state index in [9.17, 15) is 22.0 Å². The highest BCUT2D eigenvalue weighted by atomic mass is 19.4. The molecule has 112 valence electrons. The fourth-order valence-electron chi connectivity index (χ4n) is 1.70. The first-order chi connectivity index (χ1) is 9.82. The SMILES string of the molecule is NCc1cc(C(F)(F)F)ccc1Oc1cccc(F)c1F. The van der Waals surface area contributed by atoms with Gasteiger partial charge >= 0.3 is 6.18 Å². The van der Waals surface area contributed by atoms with Gasteiger partial charge in [0.1, 0.15) is 5.75 Å². The Morgan fingerprint density at radius 1 is 1.00 bits per heavy atom. The maximum absolute atomic E-state index is 13.5. The first-order valence-corrected chi connectivity index (χ1v) is 5.85. The summed E-state index contributed by atoms with van der Waals surface area (Å²) in [5.74, 6) is -2.83. The lowest BCUT2D eigenvalue weighted by atomic mass is 10.1. The lowest BCUT2D eigenvalue weighted by Gasteiger charge is -2.13. The Balaban J connectivity index is 2.38. The summed E-state index contributed by atoms with van der Waals surface area (Å²) in [6, 6.07) is 5.91. The summed E-state index contributed by atoms with van der Waals surface area (Å²) in [6.07, 6.45) is -4.52. The first kappa shape index (κ1) is 15.2. The Labute approximate surface area is 116 Å². The maximum Gasteiger partial charge on any atom is 0.416 e. The van der Waals surface area contributed by atoms with E-state index < -0.39 is 29.1 Å². The number of rotatable bonds is 3. The van der Waals surface area contributed by atoms with Gasteiger partial charge in [-0.25, -0.2) is 4.39 Å². The zero-order valence-electron chi connectivity index (χ0n) is 10.5. The minimum atomic E-state index is -4.52.